The van der Waals surface area contributed by atoms with Gasteiger partial charge in [-0.05, 0) is 12.5 Å². The summed E-state index contributed by atoms with van der Waals surface area (Å²) in [7, 11) is 0. The number of hydrogen-bond donors (Lipinski definition) is 2. The summed E-state index contributed by atoms with van der Waals surface area (Å²) in [5.41, 5.74) is 7.20. The van der Waals surface area contributed by atoms with Crippen molar-refractivity contribution in [3.63, 3.8) is 0 Å². The number of carbonyl (C=O) groups excluding carboxylic acids is 4. The third-order valence-corrected chi connectivity index (χ3v) is 10.3. The minimum absolute atomic E-state index is 0.0681. The van der Waals surface area contributed by atoms with Crippen LogP contribution < -0.4 is 11.1 Å². The molecule has 0 saturated carbocycles. The number of nitrogens with two attached hydrogens (primary N) is 1. The molecule has 272 valence electrons. The first kappa shape index (κ1) is 36.8. The number of β-lactam (4-membered cyclic amide) rings is 1. The van der Waals surface area contributed by atoms with Gasteiger partial charge in [-0.3, -0.25) is 14.5 Å². The Bertz CT molecular complexity index is 1960. The van der Waals surface area contributed by atoms with Crippen LogP contribution >= 0.6 is 23.1 Å². The second-order valence-electron chi connectivity index (χ2n) is 11.6. The Labute approximate surface area is 313 Å². The van der Waals surface area contributed by atoms with Crippen LogP contribution in [0.3, 0.4) is 0 Å². The number of amides is 2. The molecule has 2 aliphatic rings. The lowest BCUT2D eigenvalue weighted by molar-refractivity contribution is -0.168. The molecule has 3 atom stereocenters. The lowest BCUT2D eigenvalue weighted by atomic mass is 9.80. The van der Waals surface area contributed by atoms with Gasteiger partial charge in [0.05, 0.1) is 6.61 Å². The van der Waals surface area contributed by atoms with Gasteiger partial charge >= 0.3 is 12.1 Å². The van der Waals surface area contributed by atoms with E-state index < -0.39 is 47.2 Å². The quantitative estimate of drug-likeness (QED) is 0.0451. The number of thiazole rings is 1. The van der Waals surface area contributed by atoms with Crippen LogP contribution in [0.25, 0.3) is 0 Å². The molecule has 3 unspecified atom stereocenters. The number of fused-ring (bicyclic) bond motifs is 1. The average Bonchev–Trinajstić information content (AvgIpc) is 3.61. The molecule has 0 spiro atoms. The number of aromatic nitrogens is 1. The van der Waals surface area contributed by atoms with Gasteiger partial charge in [0.1, 0.15) is 22.8 Å². The van der Waals surface area contributed by atoms with Crippen molar-refractivity contribution in [1.82, 2.24) is 15.2 Å². The van der Waals surface area contributed by atoms with Crippen LogP contribution in [0.1, 0.15) is 36.2 Å². The molecular weight excluding hydrogens is 719 g/mol. The van der Waals surface area contributed by atoms with E-state index in [9.17, 15) is 19.2 Å². The first-order valence-corrected chi connectivity index (χ1v) is 18.4. The monoisotopic (exact) mass is 753 g/mol. The molecule has 1 fully saturated rings. The van der Waals surface area contributed by atoms with Crippen LogP contribution in [0, 0.1) is 0 Å². The molecule has 15 heteroatoms. The molecule has 53 heavy (non-hydrogen) atoms. The van der Waals surface area contributed by atoms with Crippen molar-refractivity contribution in [3.05, 3.63) is 143 Å². The fourth-order valence-corrected chi connectivity index (χ4v) is 7.80. The maximum absolute atomic E-state index is 14.2. The molecule has 1 aromatic heterocycles. The highest BCUT2D eigenvalue weighted by atomic mass is 32.2. The molecule has 3 aromatic carbocycles. The zero-order valence-electron chi connectivity index (χ0n) is 28.7. The molecule has 0 bridgehead atoms. The van der Waals surface area contributed by atoms with Crippen LogP contribution in [0.15, 0.2) is 125 Å². The van der Waals surface area contributed by atoms with Crippen molar-refractivity contribution >= 4 is 57.9 Å². The van der Waals surface area contributed by atoms with Crippen molar-refractivity contribution in [2.75, 3.05) is 18.1 Å². The van der Waals surface area contributed by atoms with Crippen molar-refractivity contribution in [2.24, 2.45) is 5.16 Å². The molecule has 4 aromatic rings. The smallest absolute Gasteiger partial charge is 0.435 e. The fourth-order valence-electron chi connectivity index (χ4n) is 5.91. The number of nitrogen functional groups attached to an aromatic ring is 1. The van der Waals surface area contributed by atoms with Crippen molar-refractivity contribution in [1.29, 1.82) is 0 Å². The van der Waals surface area contributed by atoms with Crippen LogP contribution in [-0.4, -0.2) is 69.6 Å². The molecule has 3 N–H and O–H groups in total. The summed E-state index contributed by atoms with van der Waals surface area (Å²) >= 11 is 2.43. The van der Waals surface area contributed by atoms with E-state index in [4.69, 9.17) is 24.8 Å². The lowest BCUT2D eigenvalue weighted by Crippen LogP contribution is -2.71. The summed E-state index contributed by atoms with van der Waals surface area (Å²) in [6.45, 7) is 6.79. The van der Waals surface area contributed by atoms with Crippen LogP contribution in [0.2, 0.25) is 0 Å². The van der Waals surface area contributed by atoms with E-state index >= 15 is 0 Å². The molecule has 3 heterocycles. The third kappa shape index (κ3) is 7.52. The molecule has 6 rings (SSSR count). The van der Waals surface area contributed by atoms with Crippen molar-refractivity contribution < 1.29 is 38.2 Å². The predicted octanol–water partition coefficient (Wildman–Crippen LogP) is 5.34. The fraction of sp³-hybridized carbons (Fsp3) is 0.211. The van der Waals surface area contributed by atoms with E-state index in [1.54, 1.807) is 12.3 Å². The predicted molar refractivity (Wildman–Crippen MR) is 199 cm³/mol. The number of carbonyl (C=O) groups is 4. The molecule has 2 amide bonds. The summed E-state index contributed by atoms with van der Waals surface area (Å²) < 4.78 is 15.0. The summed E-state index contributed by atoms with van der Waals surface area (Å²) in [4.78, 5) is 65.1. The van der Waals surface area contributed by atoms with Crippen LogP contribution in [-0.2, 0) is 39.0 Å². The van der Waals surface area contributed by atoms with E-state index in [1.165, 1.54) is 29.7 Å². The number of nitrogens with one attached hydrogen (secondary N) is 1. The van der Waals surface area contributed by atoms with Gasteiger partial charge in [-0.15, -0.1) is 23.1 Å². The summed E-state index contributed by atoms with van der Waals surface area (Å²) in [6, 6.07) is 27.4. The normalized spacial score (nSPS) is 17.5. The standard InChI is InChI=1S/C38H35N5O8S2/c1-4-24-21-52-34-30(33(45)43(34)31(24)35(46)49-23(3)50-37(47)48-5-2)41-32(44)29(28-22-53-36(39)40-28)42-51-38(25-15-9-6-10-16-25,26-17-11-7-12-18-26)27-19-13-8-14-20-27/h4,6-20,22-23,30,34H,1,5,21H2,2-3H3,(H2,39,40)(H,41,44)/b42-29-. The number of benzene rings is 3. The van der Waals surface area contributed by atoms with Gasteiger partial charge in [0.15, 0.2) is 10.8 Å². The Morgan fingerprint density at radius 1 is 1.02 bits per heavy atom. The van der Waals surface area contributed by atoms with Gasteiger partial charge in [0, 0.05) is 34.7 Å². The number of esters is 1. The molecule has 1 saturated heterocycles. The van der Waals surface area contributed by atoms with E-state index in [1.807, 2.05) is 91.0 Å². The Hall–Kier alpha value is -5.93. The Kier molecular flexibility index (Phi) is 11.2. The number of ether oxygens (including phenoxy) is 3. The maximum Gasteiger partial charge on any atom is 0.511 e. The Morgan fingerprint density at radius 3 is 2.11 bits per heavy atom. The molecule has 0 aliphatic carbocycles. The second-order valence-corrected chi connectivity index (χ2v) is 13.6. The van der Waals surface area contributed by atoms with Gasteiger partial charge in [-0.1, -0.05) is 109 Å². The number of thioether (sulfide) groups is 1. The van der Waals surface area contributed by atoms with E-state index in [0.29, 0.717) is 5.57 Å². The highest BCUT2D eigenvalue weighted by Crippen LogP contribution is 2.42. The van der Waals surface area contributed by atoms with Gasteiger partial charge in [-0.25, -0.2) is 14.6 Å². The highest BCUT2D eigenvalue weighted by molar-refractivity contribution is 8.00. The van der Waals surface area contributed by atoms with Crippen molar-refractivity contribution in [3.8, 4) is 0 Å². The summed E-state index contributed by atoms with van der Waals surface area (Å²) in [5, 5.41) is 8.36. The largest absolute Gasteiger partial charge is 0.511 e. The topological polar surface area (TPSA) is 172 Å². The van der Waals surface area contributed by atoms with E-state index in [2.05, 4.69) is 22.0 Å². The minimum Gasteiger partial charge on any atom is -0.435 e. The zero-order valence-corrected chi connectivity index (χ0v) is 30.3. The molecule has 2 aliphatic heterocycles. The average molecular weight is 754 g/mol. The van der Waals surface area contributed by atoms with Gasteiger partial charge < -0.3 is 30.1 Å². The zero-order chi connectivity index (χ0) is 37.5. The summed E-state index contributed by atoms with van der Waals surface area (Å²) in [6.07, 6.45) is -0.870. The second kappa shape index (κ2) is 16.2. The first-order chi connectivity index (χ1) is 25.7. The SMILES string of the molecule is C=CC1=C(C(=O)OC(C)OC(=O)OCC)N2C(=O)C(NC(=O)/C(=N\OC(c3ccccc3)(c3ccccc3)c3ccccc3)c3csc(N)n3)C2SC1. The van der Waals surface area contributed by atoms with Gasteiger partial charge in [-0.2, -0.15) is 0 Å². The third-order valence-electron chi connectivity index (χ3n) is 8.32. The summed E-state index contributed by atoms with van der Waals surface area (Å²) in [5.74, 6) is -1.96. The Balaban J connectivity index is 1.31. The molecule has 13 nitrogen and oxygen atoms in total. The van der Waals surface area contributed by atoms with Crippen LogP contribution in [0.5, 0.6) is 0 Å². The number of nitrogens with zero attached hydrogens (tertiary/aromatic N) is 3. The van der Waals surface area contributed by atoms with Crippen molar-refractivity contribution in [2.45, 2.75) is 37.2 Å². The molecule has 0 radical (unpaired) electrons. The Morgan fingerprint density at radius 2 is 1.60 bits per heavy atom. The van der Waals surface area contributed by atoms with E-state index in [-0.39, 0.29) is 34.6 Å². The van der Waals surface area contributed by atoms with Crippen LogP contribution in [0.4, 0.5) is 9.93 Å². The maximum atomic E-state index is 14.2. The number of rotatable bonds is 13. The van der Waals surface area contributed by atoms with Gasteiger partial charge in [0.25, 0.3) is 11.8 Å². The number of allylic oxidation sites excluding steroid dienone is 1. The minimum atomic E-state index is -1.31. The van der Waals surface area contributed by atoms with E-state index in [0.717, 1.165) is 28.0 Å². The van der Waals surface area contributed by atoms with Gasteiger partial charge in [0.2, 0.25) is 11.9 Å². The number of anilines is 1. The number of oxime groups is 1. The first-order valence-electron chi connectivity index (χ1n) is 16.5. The molecular formula is C38H35N5O8S2. The lowest BCUT2D eigenvalue weighted by Gasteiger charge is -2.49. The highest BCUT2D eigenvalue weighted by Gasteiger charge is 2.55. The number of hydrogen-bond acceptors (Lipinski definition) is 13.